The molecule has 0 saturated heterocycles. The van der Waals surface area contributed by atoms with Gasteiger partial charge in [0.1, 0.15) is 11.5 Å². The number of carbonyl (C=O) groups excluding carboxylic acids is 1. The van der Waals surface area contributed by atoms with Gasteiger partial charge in [-0.15, -0.1) is 0 Å². The lowest BCUT2D eigenvalue weighted by atomic mass is 10.1. The Balaban J connectivity index is 2.39. The lowest BCUT2D eigenvalue weighted by Gasteiger charge is -2.02. The topological polar surface area (TPSA) is 132 Å². The molecule has 1 amide bonds. The Morgan fingerprint density at radius 1 is 1.33 bits per heavy atom. The highest BCUT2D eigenvalue weighted by atomic mass is 19.1. The van der Waals surface area contributed by atoms with Crippen molar-refractivity contribution in [3.05, 3.63) is 23.5 Å². The number of guanidine groups is 2. The molecule has 1 aromatic rings. The van der Waals surface area contributed by atoms with Gasteiger partial charge in [-0.25, -0.2) is 9.38 Å². The van der Waals surface area contributed by atoms with Crippen LogP contribution in [-0.4, -0.2) is 17.8 Å². The van der Waals surface area contributed by atoms with E-state index in [0.29, 0.717) is 11.3 Å². The maximum Gasteiger partial charge on any atom is 0.228 e. The van der Waals surface area contributed by atoms with Gasteiger partial charge in [-0.2, -0.15) is 4.99 Å². The fourth-order valence-electron chi connectivity index (χ4n) is 1.60. The minimum atomic E-state index is -0.598. The third-order valence-corrected chi connectivity index (χ3v) is 2.28. The Labute approximate surface area is 102 Å². The van der Waals surface area contributed by atoms with Gasteiger partial charge in [0.05, 0.1) is 6.42 Å². The molecule has 8 heteroatoms. The quantitative estimate of drug-likeness (QED) is 0.396. The molecule has 0 aliphatic carbocycles. The van der Waals surface area contributed by atoms with Crippen molar-refractivity contribution in [3.8, 4) is 0 Å². The number of amides is 1. The zero-order chi connectivity index (χ0) is 13.3. The first-order valence-electron chi connectivity index (χ1n) is 5.02. The number of nitrogens with one attached hydrogen (secondary N) is 1. The summed E-state index contributed by atoms with van der Waals surface area (Å²) in [5.74, 6) is -1.33. The average Bonchev–Trinajstić information content (AvgIpc) is 2.56. The number of fused-ring (bicyclic) bond motifs is 1. The number of nitrogens with two attached hydrogens (primary N) is 3. The molecule has 0 fully saturated rings. The Morgan fingerprint density at radius 3 is 2.72 bits per heavy atom. The van der Waals surface area contributed by atoms with Gasteiger partial charge >= 0.3 is 0 Å². The molecule has 0 saturated carbocycles. The fraction of sp³-hybridized carbons (Fsp3) is 0.100. The summed E-state index contributed by atoms with van der Waals surface area (Å²) in [6.45, 7) is 0. The molecule has 1 aliphatic heterocycles. The van der Waals surface area contributed by atoms with Gasteiger partial charge in [0.25, 0.3) is 0 Å². The van der Waals surface area contributed by atoms with Crippen LogP contribution < -0.4 is 22.5 Å². The van der Waals surface area contributed by atoms with Crippen LogP contribution in [0.25, 0.3) is 0 Å². The molecule has 94 valence electrons. The summed E-state index contributed by atoms with van der Waals surface area (Å²) >= 11 is 0. The summed E-state index contributed by atoms with van der Waals surface area (Å²) in [6.07, 6.45) is 0.152. The van der Waals surface area contributed by atoms with Crippen molar-refractivity contribution in [3.63, 3.8) is 0 Å². The Morgan fingerprint density at radius 2 is 2.06 bits per heavy atom. The molecule has 0 aromatic heterocycles. The summed E-state index contributed by atoms with van der Waals surface area (Å²) in [7, 11) is 0. The normalized spacial score (nSPS) is 14.1. The lowest BCUT2D eigenvalue weighted by molar-refractivity contribution is -0.115. The largest absolute Gasteiger partial charge is 0.370 e. The maximum atomic E-state index is 13.7. The smallest absolute Gasteiger partial charge is 0.228 e. The van der Waals surface area contributed by atoms with E-state index >= 15 is 0 Å². The summed E-state index contributed by atoms with van der Waals surface area (Å²) in [6, 6.07) is 2.61. The van der Waals surface area contributed by atoms with E-state index < -0.39 is 5.82 Å². The van der Waals surface area contributed by atoms with Gasteiger partial charge in [0.2, 0.25) is 11.9 Å². The van der Waals surface area contributed by atoms with E-state index in [4.69, 9.17) is 17.2 Å². The first-order chi connectivity index (χ1) is 8.45. The van der Waals surface area contributed by atoms with Gasteiger partial charge < -0.3 is 22.5 Å². The predicted molar refractivity (Wildman–Crippen MR) is 65.8 cm³/mol. The number of benzene rings is 1. The highest BCUT2D eigenvalue weighted by Crippen LogP contribution is 2.30. The molecular weight excluding hydrogens is 239 g/mol. The number of carbonyl (C=O) groups is 1. The van der Waals surface area contributed by atoms with Crippen molar-refractivity contribution >= 4 is 29.2 Å². The van der Waals surface area contributed by atoms with E-state index in [1.54, 1.807) is 0 Å². The van der Waals surface area contributed by atoms with E-state index in [1.807, 2.05) is 0 Å². The highest BCUT2D eigenvalue weighted by Gasteiger charge is 2.20. The van der Waals surface area contributed by atoms with Gasteiger partial charge in [0.15, 0.2) is 5.96 Å². The number of anilines is 1. The van der Waals surface area contributed by atoms with Crippen molar-refractivity contribution in [1.82, 2.24) is 0 Å². The van der Waals surface area contributed by atoms with Crippen LogP contribution >= 0.6 is 0 Å². The summed E-state index contributed by atoms with van der Waals surface area (Å²) in [5, 5.41) is 2.58. The van der Waals surface area contributed by atoms with Crippen molar-refractivity contribution in [2.45, 2.75) is 6.42 Å². The third kappa shape index (κ3) is 2.37. The number of hydrogen-bond acceptors (Lipinski definition) is 2. The Kier molecular flexibility index (Phi) is 2.84. The van der Waals surface area contributed by atoms with Gasteiger partial charge in [-0.05, 0) is 17.7 Å². The first-order valence-corrected chi connectivity index (χ1v) is 5.02. The second-order valence-corrected chi connectivity index (χ2v) is 3.69. The first kappa shape index (κ1) is 11.8. The van der Waals surface area contributed by atoms with E-state index in [0.717, 1.165) is 0 Å². The number of aliphatic imine (C=N–C) groups is 2. The standard InChI is InChI=1S/C10H11FN6O/c11-5-1-4-2-8(18)15-6(4)3-7(5)16-10(14)17-9(12)13/h1,3H,2H2,(H,15,18)(H6,12,13,14,16,17). The number of halogens is 1. The number of nitrogens with zero attached hydrogens (tertiary/aromatic N) is 2. The number of hydrogen-bond donors (Lipinski definition) is 4. The molecule has 0 spiro atoms. The van der Waals surface area contributed by atoms with Gasteiger partial charge in [-0.1, -0.05) is 0 Å². The van der Waals surface area contributed by atoms with Crippen LogP contribution in [0.15, 0.2) is 22.1 Å². The fourth-order valence-corrected chi connectivity index (χ4v) is 1.60. The molecular formula is C10H11FN6O. The molecule has 0 radical (unpaired) electrons. The van der Waals surface area contributed by atoms with E-state index in [-0.39, 0.29) is 29.9 Å². The maximum absolute atomic E-state index is 13.7. The lowest BCUT2D eigenvalue weighted by Crippen LogP contribution is -2.26. The molecule has 0 atom stereocenters. The third-order valence-electron chi connectivity index (χ3n) is 2.28. The minimum absolute atomic E-state index is 0.0431. The van der Waals surface area contributed by atoms with Crippen LogP contribution in [0.5, 0.6) is 0 Å². The summed E-state index contributed by atoms with van der Waals surface area (Å²) in [4.78, 5) is 18.3. The second kappa shape index (κ2) is 4.32. The van der Waals surface area contributed by atoms with Crippen LogP contribution in [0.3, 0.4) is 0 Å². The zero-order valence-corrected chi connectivity index (χ0v) is 9.27. The van der Waals surface area contributed by atoms with Gasteiger partial charge in [-0.3, -0.25) is 4.79 Å². The van der Waals surface area contributed by atoms with Crippen LogP contribution in [0.4, 0.5) is 15.8 Å². The molecule has 1 heterocycles. The molecule has 7 nitrogen and oxygen atoms in total. The Bertz CT molecular complexity index is 576. The van der Waals surface area contributed by atoms with Crippen LogP contribution in [-0.2, 0) is 11.2 Å². The molecule has 1 aromatic carbocycles. The van der Waals surface area contributed by atoms with Crippen LogP contribution in [0, 0.1) is 5.82 Å². The van der Waals surface area contributed by atoms with Crippen molar-refractivity contribution in [2.24, 2.45) is 27.2 Å². The van der Waals surface area contributed by atoms with E-state index in [2.05, 4.69) is 15.3 Å². The zero-order valence-electron chi connectivity index (χ0n) is 9.27. The SMILES string of the molecule is NC(N)=NC(N)=Nc1cc2c(cc1F)CC(=O)N2. The van der Waals surface area contributed by atoms with Crippen molar-refractivity contribution < 1.29 is 9.18 Å². The monoisotopic (exact) mass is 250 g/mol. The summed E-state index contributed by atoms with van der Waals surface area (Å²) < 4.78 is 13.7. The van der Waals surface area contributed by atoms with Crippen molar-refractivity contribution in [1.29, 1.82) is 0 Å². The highest BCUT2D eigenvalue weighted by molar-refractivity contribution is 6.00. The second-order valence-electron chi connectivity index (χ2n) is 3.69. The molecule has 1 aliphatic rings. The van der Waals surface area contributed by atoms with Crippen LogP contribution in [0.1, 0.15) is 5.56 Å². The molecule has 18 heavy (non-hydrogen) atoms. The molecule has 0 bridgehead atoms. The molecule has 2 rings (SSSR count). The minimum Gasteiger partial charge on any atom is -0.370 e. The number of rotatable bonds is 1. The van der Waals surface area contributed by atoms with Gasteiger partial charge in [0, 0.05) is 5.69 Å². The van der Waals surface area contributed by atoms with Crippen LogP contribution in [0.2, 0.25) is 0 Å². The predicted octanol–water partition coefficient (Wildman–Crippen LogP) is -0.460. The summed E-state index contributed by atoms with van der Waals surface area (Å²) in [5.41, 5.74) is 16.7. The van der Waals surface area contributed by atoms with E-state index in [1.165, 1.54) is 12.1 Å². The molecule has 7 N–H and O–H groups in total. The van der Waals surface area contributed by atoms with Crippen molar-refractivity contribution in [2.75, 3.05) is 5.32 Å². The Hall–Kier alpha value is -2.64. The molecule has 0 unspecified atom stereocenters. The van der Waals surface area contributed by atoms with E-state index in [9.17, 15) is 9.18 Å². The average molecular weight is 250 g/mol.